The van der Waals surface area contributed by atoms with E-state index in [2.05, 4.69) is 23.6 Å². The summed E-state index contributed by atoms with van der Waals surface area (Å²) < 4.78 is 1.76. The lowest BCUT2D eigenvalue weighted by Gasteiger charge is -2.31. The summed E-state index contributed by atoms with van der Waals surface area (Å²) >= 11 is 0. The average Bonchev–Trinajstić information content (AvgIpc) is 3.30. The second-order valence-electron chi connectivity index (χ2n) is 8.32. The Hall–Kier alpha value is -4.20. The molecular weight excluding hydrogens is 418 g/mol. The summed E-state index contributed by atoms with van der Waals surface area (Å²) in [5, 5.41) is 7.90. The first-order chi connectivity index (χ1) is 15.8. The summed E-state index contributed by atoms with van der Waals surface area (Å²) in [5.74, 6) is -1.23. The predicted octanol–water partition coefficient (Wildman–Crippen LogP) is 2.57. The van der Waals surface area contributed by atoms with Crippen molar-refractivity contribution in [1.29, 1.82) is 0 Å². The minimum atomic E-state index is -0.617. The molecule has 2 aliphatic heterocycles. The molecule has 1 saturated heterocycles. The number of rotatable bonds is 5. The number of fused-ring (bicyclic) bond motifs is 2. The van der Waals surface area contributed by atoms with Crippen LogP contribution >= 0.6 is 0 Å². The Kier molecular flexibility index (Phi) is 4.85. The van der Waals surface area contributed by atoms with E-state index >= 15 is 0 Å². The molecule has 166 valence electrons. The zero-order valence-corrected chi connectivity index (χ0v) is 18.3. The van der Waals surface area contributed by atoms with E-state index in [4.69, 9.17) is 0 Å². The maximum absolute atomic E-state index is 13.1. The maximum Gasteiger partial charge on any atom is 0.271 e. The summed E-state index contributed by atoms with van der Waals surface area (Å²) in [6.45, 7) is 9.02. The molecule has 0 spiro atoms. The van der Waals surface area contributed by atoms with Crippen LogP contribution in [-0.4, -0.2) is 50.4 Å². The molecule has 0 radical (unpaired) electrons. The van der Waals surface area contributed by atoms with Gasteiger partial charge in [-0.2, -0.15) is 5.10 Å². The number of hydrogen-bond acceptors (Lipinski definition) is 4. The van der Waals surface area contributed by atoms with E-state index in [9.17, 15) is 14.4 Å². The Bertz CT molecular complexity index is 1370. The first kappa shape index (κ1) is 20.7. The highest BCUT2D eigenvalue weighted by atomic mass is 16.2. The number of carbonyl (C=O) groups excluding carboxylic acids is 3. The van der Waals surface area contributed by atoms with Gasteiger partial charge in [-0.15, -0.1) is 0 Å². The van der Waals surface area contributed by atoms with E-state index in [1.54, 1.807) is 15.6 Å². The molecule has 0 aliphatic carbocycles. The van der Waals surface area contributed by atoms with Gasteiger partial charge in [-0.3, -0.25) is 24.0 Å². The SMILES string of the molecule is C=C(NC(=O)C(=C)N1Cc2c(cccc2-c2ccc3nn(C)cc3c2)C1=O)C(=O)N1CCC1. The number of benzene rings is 2. The van der Waals surface area contributed by atoms with Gasteiger partial charge in [0, 0.05) is 37.3 Å². The number of amides is 3. The van der Waals surface area contributed by atoms with Gasteiger partial charge in [-0.05, 0) is 41.3 Å². The second-order valence-corrected chi connectivity index (χ2v) is 8.32. The van der Waals surface area contributed by atoms with Crippen molar-refractivity contribution in [1.82, 2.24) is 24.9 Å². The third-order valence-corrected chi connectivity index (χ3v) is 6.15. The fraction of sp³-hybridized carbons (Fsp3) is 0.200. The molecule has 5 rings (SSSR count). The monoisotopic (exact) mass is 441 g/mol. The minimum Gasteiger partial charge on any atom is -0.337 e. The van der Waals surface area contributed by atoms with Gasteiger partial charge in [-0.25, -0.2) is 0 Å². The minimum absolute atomic E-state index is 0.0181. The summed E-state index contributed by atoms with van der Waals surface area (Å²) in [7, 11) is 1.87. The third kappa shape index (κ3) is 3.49. The summed E-state index contributed by atoms with van der Waals surface area (Å²) in [4.78, 5) is 41.0. The molecule has 0 bridgehead atoms. The topological polar surface area (TPSA) is 87.5 Å². The largest absolute Gasteiger partial charge is 0.337 e. The highest BCUT2D eigenvalue weighted by molar-refractivity contribution is 6.08. The molecule has 2 aromatic carbocycles. The number of hydrogen-bond donors (Lipinski definition) is 1. The zero-order chi connectivity index (χ0) is 23.3. The lowest BCUT2D eigenvalue weighted by Crippen LogP contribution is -2.46. The predicted molar refractivity (Wildman–Crippen MR) is 124 cm³/mol. The van der Waals surface area contributed by atoms with E-state index < -0.39 is 5.91 Å². The number of likely N-dealkylation sites (tertiary alicyclic amines) is 1. The van der Waals surface area contributed by atoms with Crippen molar-refractivity contribution in [2.45, 2.75) is 13.0 Å². The smallest absolute Gasteiger partial charge is 0.271 e. The van der Waals surface area contributed by atoms with Crippen molar-refractivity contribution < 1.29 is 14.4 Å². The fourth-order valence-electron chi connectivity index (χ4n) is 4.23. The highest BCUT2D eigenvalue weighted by Gasteiger charge is 2.34. The van der Waals surface area contributed by atoms with Crippen LogP contribution in [0.4, 0.5) is 0 Å². The molecule has 3 amide bonds. The van der Waals surface area contributed by atoms with Crippen LogP contribution in [0.15, 0.2) is 67.1 Å². The Morgan fingerprint density at radius 2 is 1.85 bits per heavy atom. The van der Waals surface area contributed by atoms with Crippen molar-refractivity contribution in [2.75, 3.05) is 13.1 Å². The Morgan fingerprint density at radius 3 is 2.58 bits per heavy atom. The molecule has 3 aromatic rings. The van der Waals surface area contributed by atoms with Gasteiger partial charge in [0.15, 0.2) is 0 Å². The molecule has 8 nitrogen and oxygen atoms in total. The standard InChI is InChI=1S/C25H23N5O3/c1-15(24(32)29-10-5-11-29)26-23(31)16(2)30-14-21-19(6-4-7-20(21)25(30)33)17-8-9-22-18(12-17)13-28(3)27-22/h4,6-9,12-13H,1-2,5,10-11,14H2,3H3,(H,26,31). The van der Waals surface area contributed by atoms with Crippen molar-refractivity contribution in [2.24, 2.45) is 7.05 Å². The lowest BCUT2D eigenvalue weighted by atomic mass is 9.96. The van der Waals surface area contributed by atoms with Crippen LogP contribution in [-0.2, 0) is 23.2 Å². The van der Waals surface area contributed by atoms with Gasteiger partial charge in [0.2, 0.25) is 0 Å². The van der Waals surface area contributed by atoms with Gasteiger partial charge in [-0.1, -0.05) is 31.4 Å². The van der Waals surface area contributed by atoms with E-state index in [0.29, 0.717) is 18.7 Å². The quantitative estimate of drug-likeness (QED) is 0.617. The van der Waals surface area contributed by atoms with Crippen LogP contribution in [0.1, 0.15) is 22.3 Å². The van der Waals surface area contributed by atoms with Gasteiger partial charge in [0.25, 0.3) is 17.7 Å². The highest BCUT2D eigenvalue weighted by Crippen LogP contribution is 2.35. The van der Waals surface area contributed by atoms with Gasteiger partial charge in [0.05, 0.1) is 17.8 Å². The summed E-state index contributed by atoms with van der Waals surface area (Å²) in [5.41, 5.74) is 4.09. The van der Waals surface area contributed by atoms with Crippen molar-refractivity contribution in [3.63, 3.8) is 0 Å². The van der Waals surface area contributed by atoms with Crippen LogP contribution in [0.25, 0.3) is 22.0 Å². The molecule has 1 fully saturated rings. The van der Waals surface area contributed by atoms with Crippen LogP contribution in [0.5, 0.6) is 0 Å². The van der Waals surface area contributed by atoms with E-state index in [1.165, 1.54) is 4.90 Å². The molecule has 1 N–H and O–H groups in total. The third-order valence-electron chi connectivity index (χ3n) is 6.15. The number of nitrogens with zero attached hydrogens (tertiary/aromatic N) is 4. The molecule has 2 aliphatic rings. The van der Waals surface area contributed by atoms with Crippen molar-refractivity contribution >= 4 is 28.6 Å². The van der Waals surface area contributed by atoms with Crippen molar-refractivity contribution in [3.8, 4) is 11.1 Å². The van der Waals surface area contributed by atoms with Crippen LogP contribution < -0.4 is 5.32 Å². The average molecular weight is 441 g/mol. The molecule has 1 aromatic heterocycles. The van der Waals surface area contributed by atoms with Gasteiger partial charge < -0.3 is 10.2 Å². The zero-order valence-electron chi connectivity index (χ0n) is 18.3. The second kappa shape index (κ2) is 7.74. The summed E-state index contributed by atoms with van der Waals surface area (Å²) in [6.07, 6.45) is 2.89. The first-order valence-corrected chi connectivity index (χ1v) is 10.7. The molecule has 33 heavy (non-hydrogen) atoms. The lowest BCUT2D eigenvalue weighted by molar-refractivity contribution is -0.132. The van der Waals surface area contributed by atoms with Crippen molar-refractivity contribution in [3.05, 3.63) is 78.3 Å². The molecule has 8 heteroatoms. The molecule has 3 heterocycles. The first-order valence-electron chi connectivity index (χ1n) is 10.7. The Labute approximate surface area is 190 Å². The maximum atomic E-state index is 13.1. The van der Waals surface area contributed by atoms with Gasteiger partial charge >= 0.3 is 0 Å². The Balaban J connectivity index is 1.38. The molecular formula is C25H23N5O3. The van der Waals surface area contributed by atoms with Crippen LogP contribution in [0.3, 0.4) is 0 Å². The van der Waals surface area contributed by atoms with E-state index in [0.717, 1.165) is 34.0 Å². The van der Waals surface area contributed by atoms with E-state index in [-0.39, 0.29) is 29.8 Å². The fourth-order valence-corrected chi connectivity index (χ4v) is 4.23. The van der Waals surface area contributed by atoms with E-state index in [1.807, 2.05) is 43.6 Å². The number of aryl methyl sites for hydroxylation is 1. The molecule has 0 saturated carbocycles. The van der Waals surface area contributed by atoms with Gasteiger partial charge in [0.1, 0.15) is 5.70 Å². The molecule has 0 unspecified atom stereocenters. The number of carbonyl (C=O) groups is 3. The number of aromatic nitrogens is 2. The normalized spacial score (nSPS) is 14.8. The number of nitrogens with one attached hydrogen (secondary N) is 1. The van der Waals surface area contributed by atoms with Crippen LogP contribution in [0, 0.1) is 0 Å². The molecule has 0 atom stereocenters. The summed E-state index contributed by atoms with van der Waals surface area (Å²) in [6, 6.07) is 11.5. The Morgan fingerprint density at radius 1 is 1.09 bits per heavy atom. The van der Waals surface area contributed by atoms with Crippen LogP contribution in [0.2, 0.25) is 0 Å².